The molecule has 3 aromatic heterocycles. The van der Waals surface area contributed by atoms with Crippen molar-refractivity contribution < 1.29 is 23.4 Å². The average Bonchev–Trinajstić information content (AvgIpc) is 3.35. The topological polar surface area (TPSA) is 124 Å². The van der Waals surface area contributed by atoms with Crippen LogP contribution in [0.25, 0.3) is 22.6 Å². The molecule has 0 spiro atoms. The van der Waals surface area contributed by atoms with Gasteiger partial charge in [0, 0.05) is 29.8 Å². The van der Waals surface area contributed by atoms with Gasteiger partial charge in [0.1, 0.15) is 5.82 Å². The number of hydrogen-bond acceptors (Lipinski definition) is 8. The van der Waals surface area contributed by atoms with E-state index in [4.69, 9.17) is 19.2 Å². The minimum atomic E-state index is -0.912. The second-order valence-electron chi connectivity index (χ2n) is 9.45. The number of rotatable bonds is 7. The van der Waals surface area contributed by atoms with Crippen LogP contribution in [0.4, 0.5) is 10.1 Å². The lowest BCUT2D eigenvalue weighted by Gasteiger charge is -2.35. The molecule has 38 heavy (non-hydrogen) atoms. The Morgan fingerprint density at radius 2 is 1.79 bits per heavy atom. The first kappa shape index (κ1) is 25.4. The van der Waals surface area contributed by atoms with Crippen molar-refractivity contribution in [3.63, 3.8) is 0 Å². The van der Waals surface area contributed by atoms with E-state index in [2.05, 4.69) is 25.3 Å². The minimum Gasteiger partial charge on any atom is -0.461 e. The zero-order valence-electron chi connectivity index (χ0n) is 21.1. The summed E-state index contributed by atoms with van der Waals surface area (Å²) in [5.41, 5.74) is 2.03. The monoisotopic (exact) mass is 518 g/mol. The summed E-state index contributed by atoms with van der Waals surface area (Å²) in [6, 6.07) is 11.4. The van der Waals surface area contributed by atoms with Crippen molar-refractivity contribution in [3.8, 4) is 28.7 Å². The third-order valence-corrected chi connectivity index (χ3v) is 5.89. The smallest absolute Gasteiger partial charge is 0.317 e. The van der Waals surface area contributed by atoms with Crippen molar-refractivity contribution in [2.45, 2.75) is 33.2 Å². The largest absolute Gasteiger partial charge is 0.461 e. The van der Waals surface area contributed by atoms with Gasteiger partial charge in [-0.15, -0.1) is 0 Å². The molecule has 0 atom stereocenters. The maximum atomic E-state index is 13.6. The van der Waals surface area contributed by atoms with Gasteiger partial charge in [0.2, 0.25) is 12.2 Å². The van der Waals surface area contributed by atoms with Gasteiger partial charge in [0.25, 0.3) is 0 Å². The number of ether oxygens (including phenoxy) is 3. The first-order chi connectivity index (χ1) is 18.3. The van der Waals surface area contributed by atoms with E-state index in [1.54, 1.807) is 55.8 Å². The summed E-state index contributed by atoms with van der Waals surface area (Å²) in [6.07, 6.45) is 3.84. The fraction of sp³-hybridized carbons (Fsp3) is 0.296. The molecule has 196 valence electrons. The van der Waals surface area contributed by atoms with E-state index in [1.165, 1.54) is 12.1 Å². The van der Waals surface area contributed by atoms with E-state index in [-0.39, 0.29) is 37.1 Å². The van der Waals surface area contributed by atoms with Gasteiger partial charge in [-0.1, -0.05) is 0 Å². The van der Waals surface area contributed by atoms with E-state index in [9.17, 15) is 9.18 Å². The van der Waals surface area contributed by atoms with Crippen molar-refractivity contribution in [1.82, 2.24) is 24.9 Å². The molecule has 1 aromatic carbocycles. The molecule has 0 saturated carbocycles. The summed E-state index contributed by atoms with van der Waals surface area (Å²) >= 11 is 0. The number of nitrogens with one attached hydrogen (secondary N) is 2. The molecular formula is C27H27FN6O4. The normalized spacial score (nSPS) is 19.3. The van der Waals surface area contributed by atoms with Gasteiger partial charge in [-0.05, 0) is 63.2 Å². The van der Waals surface area contributed by atoms with Crippen molar-refractivity contribution in [3.05, 3.63) is 72.7 Å². The second-order valence-corrected chi connectivity index (χ2v) is 9.45. The number of hydrogen-bond donors (Lipinski definition) is 2. The van der Waals surface area contributed by atoms with Crippen LogP contribution < -0.4 is 10.1 Å². The number of anilines is 1. The lowest BCUT2D eigenvalue weighted by Crippen LogP contribution is -2.45. The second kappa shape index (κ2) is 10.6. The number of aromatic amines is 1. The fourth-order valence-corrected chi connectivity index (χ4v) is 3.87. The molecule has 5 rings (SSSR count). The first-order valence-corrected chi connectivity index (χ1v) is 12.1. The third-order valence-electron chi connectivity index (χ3n) is 5.89. The first-order valence-electron chi connectivity index (χ1n) is 12.1. The molecule has 1 aliphatic heterocycles. The highest BCUT2D eigenvalue weighted by atomic mass is 19.1. The molecule has 0 aliphatic carbocycles. The molecule has 4 aromatic rings. The van der Waals surface area contributed by atoms with E-state index in [1.807, 2.05) is 13.8 Å². The fourth-order valence-electron chi connectivity index (χ4n) is 3.87. The zero-order valence-corrected chi connectivity index (χ0v) is 21.1. The Bertz CT molecular complexity index is 1400. The highest BCUT2D eigenvalue weighted by molar-refractivity contribution is 5.95. The number of pyridine rings is 1. The number of carbonyl (C=O) groups is 1. The Morgan fingerprint density at radius 3 is 2.47 bits per heavy atom. The summed E-state index contributed by atoms with van der Waals surface area (Å²) in [5, 5.41) is 2.87. The van der Waals surface area contributed by atoms with E-state index >= 15 is 0 Å². The number of benzene rings is 1. The van der Waals surface area contributed by atoms with Gasteiger partial charge in [0.05, 0.1) is 41.8 Å². The standard InChI is InChI=1S/C27H27FN6O4/c1-16(2)38-26-30-13-10-20(32-26)22-21(17-4-6-18(28)7-5-17)33-23(34-22)24-36-14-27(3,15-37-24)25(35)31-19-8-11-29-12-9-19/h4-13,16,24H,14-15H2,1-3H3,(H,33,34)(H,29,31,35). The highest BCUT2D eigenvalue weighted by Gasteiger charge is 2.41. The molecule has 1 fully saturated rings. The number of imidazole rings is 1. The molecule has 1 amide bonds. The maximum absolute atomic E-state index is 13.6. The van der Waals surface area contributed by atoms with Crippen molar-refractivity contribution in [2.75, 3.05) is 18.5 Å². The van der Waals surface area contributed by atoms with E-state index < -0.39 is 11.7 Å². The van der Waals surface area contributed by atoms with Crippen LogP contribution in [0.2, 0.25) is 0 Å². The molecule has 1 saturated heterocycles. The third kappa shape index (κ3) is 5.53. The molecule has 1 aliphatic rings. The van der Waals surface area contributed by atoms with Gasteiger partial charge in [0.15, 0.2) is 5.82 Å². The lowest BCUT2D eigenvalue weighted by atomic mass is 9.91. The van der Waals surface area contributed by atoms with Gasteiger partial charge in [-0.3, -0.25) is 9.78 Å². The molecule has 0 bridgehead atoms. The Balaban J connectivity index is 1.40. The van der Waals surface area contributed by atoms with E-state index in [0.717, 1.165) is 0 Å². The van der Waals surface area contributed by atoms with Crippen LogP contribution in [0.15, 0.2) is 61.1 Å². The van der Waals surface area contributed by atoms with Gasteiger partial charge in [-0.25, -0.2) is 14.4 Å². The van der Waals surface area contributed by atoms with Crippen LogP contribution in [0.1, 0.15) is 32.9 Å². The number of aromatic nitrogens is 5. The van der Waals surface area contributed by atoms with E-state index in [0.29, 0.717) is 34.2 Å². The quantitative estimate of drug-likeness (QED) is 0.365. The van der Waals surface area contributed by atoms with Crippen molar-refractivity contribution >= 4 is 11.6 Å². The van der Waals surface area contributed by atoms with Crippen molar-refractivity contribution in [1.29, 1.82) is 0 Å². The number of H-pyrrole nitrogens is 1. The average molecular weight is 519 g/mol. The SMILES string of the molecule is CC(C)Oc1nccc(-c2[nH]c(C3OCC(C)(C(=O)Nc4ccncc4)CO3)nc2-c2ccc(F)cc2)n1. The summed E-state index contributed by atoms with van der Waals surface area (Å²) in [6.45, 7) is 5.76. The van der Waals surface area contributed by atoms with Gasteiger partial charge >= 0.3 is 6.01 Å². The Labute approximate surface area is 218 Å². The predicted octanol–water partition coefficient (Wildman–Crippen LogP) is 4.55. The molecule has 0 radical (unpaired) electrons. The van der Waals surface area contributed by atoms with Crippen LogP contribution >= 0.6 is 0 Å². The molecule has 11 heteroatoms. The Hall–Kier alpha value is -4.22. The van der Waals surface area contributed by atoms with Crippen LogP contribution in [0, 0.1) is 11.2 Å². The summed E-state index contributed by atoms with van der Waals surface area (Å²) in [5.74, 6) is -0.196. The number of halogens is 1. The number of amides is 1. The zero-order chi connectivity index (χ0) is 26.7. The molecule has 4 heterocycles. The molecule has 2 N–H and O–H groups in total. The summed E-state index contributed by atoms with van der Waals surface area (Å²) < 4.78 is 31.2. The van der Waals surface area contributed by atoms with Gasteiger partial charge < -0.3 is 24.5 Å². The predicted molar refractivity (Wildman–Crippen MR) is 136 cm³/mol. The maximum Gasteiger partial charge on any atom is 0.317 e. The highest BCUT2D eigenvalue weighted by Crippen LogP contribution is 2.36. The van der Waals surface area contributed by atoms with Crippen molar-refractivity contribution in [2.24, 2.45) is 5.41 Å². The molecular weight excluding hydrogens is 491 g/mol. The Morgan fingerprint density at radius 1 is 1.08 bits per heavy atom. The molecule has 10 nitrogen and oxygen atoms in total. The van der Waals surface area contributed by atoms with Crippen LogP contribution in [0.5, 0.6) is 6.01 Å². The minimum absolute atomic E-state index is 0.103. The molecule has 0 unspecified atom stereocenters. The van der Waals surface area contributed by atoms with Gasteiger partial charge in [-0.2, -0.15) is 4.98 Å². The van der Waals surface area contributed by atoms with Crippen LogP contribution in [-0.4, -0.2) is 50.1 Å². The van der Waals surface area contributed by atoms with Crippen LogP contribution in [-0.2, 0) is 14.3 Å². The number of nitrogens with zero attached hydrogens (tertiary/aromatic N) is 4. The number of carbonyl (C=O) groups excluding carboxylic acids is 1. The summed E-state index contributed by atoms with van der Waals surface area (Å²) in [4.78, 5) is 33.5. The Kier molecular flexibility index (Phi) is 7.12. The van der Waals surface area contributed by atoms with Crippen LogP contribution in [0.3, 0.4) is 0 Å². The lowest BCUT2D eigenvalue weighted by molar-refractivity contribution is -0.229. The summed E-state index contributed by atoms with van der Waals surface area (Å²) in [7, 11) is 0.